The van der Waals surface area contributed by atoms with Crippen LogP contribution in [0.1, 0.15) is 16.1 Å². The molecule has 6 heteroatoms. The van der Waals surface area contributed by atoms with Crippen molar-refractivity contribution in [3.63, 3.8) is 0 Å². The summed E-state index contributed by atoms with van der Waals surface area (Å²) in [5.74, 6) is -1.04. The lowest BCUT2D eigenvalue weighted by molar-refractivity contribution is 0.0691. The summed E-state index contributed by atoms with van der Waals surface area (Å²) < 4.78 is 6.49. The predicted molar refractivity (Wildman–Crippen MR) is 66.2 cm³/mol. The van der Waals surface area contributed by atoms with Crippen molar-refractivity contribution in [1.29, 1.82) is 0 Å². The summed E-state index contributed by atoms with van der Waals surface area (Å²) in [6.45, 7) is 0.146. The largest absolute Gasteiger partial charge is 0.478 e. The molecule has 5 nitrogen and oxygen atoms in total. The van der Waals surface area contributed by atoms with Crippen molar-refractivity contribution >= 4 is 17.6 Å². The number of hydrogen-bond donors (Lipinski definition) is 1. The van der Waals surface area contributed by atoms with Crippen molar-refractivity contribution in [2.75, 3.05) is 7.11 Å². The van der Waals surface area contributed by atoms with E-state index in [0.717, 1.165) is 0 Å². The molecule has 0 saturated carbocycles. The Morgan fingerprint density at radius 1 is 1.50 bits per heavy atom. The fourth-order valence-corrected chi connectivity index (χ4v) is 1.87. The summed E-state index contributed by atoms with van der Waals surface area (Å²) in [5.41, 5.74) is 1.19. The second-order valence-electron chi connectivity index (χ2n) is 3.61. The van der Waals surface area contributed by atoms with Crippen LogP contribution >= 0.6 is 11.6 Å². The van der Waals surface area contributed by atoms with Gasteiger partial charge in [0.15, 0.2) is 0 Å². The summed E-state index contributed by atoms with van der Waals surface area (Å²) in [6, 6.07) is 7.08. The van der Waals surface area contributed by atoms with Crippen molar-refractivity contribution in [3.8, 4) is 5.69 Å². The molecule has 0 atom stereocenters. The molecule has 0 radical (unpaired) electrons. The van der Waals surface area contributed by atoms with Crippen molar-refractivity contribution < 1.29 is 14.6 Å². The standard InChI is InChI=1S/C12H11ClN2O3/c1-18-7-11-8(12(16)17)6-14-15(11)10-5-3-2-4-9(10)13/h2-6H,7H2,1H3,(H,16,17). The fourth-order valence-electron chi connectivity index (χ4n) is 1.66. The number of carboxylic acids is 1. The minimum atomic E-state index is -1.04. The van der Waals surface area contributed by atoms with Crippen molar-refractivity contribution in [2.24, 2.45) is 0 Å². The summed E-state index contributed by atoms with van der Waals surface area (Å²) >= 11 is 6.07. The number of carbonyl (C=O) groups is 1. The van der Waals surface area contributed by atoms with E-state index < -0.39 is 5.97 Å². The molecule has 0 unspecified atom stereocenters. The summed E-state index contributed by atoms with van der Waals surface area (Å²) in [5, 5.41) is 13.6. The van der Waals surface area contributed by atoms with Gasteiger partial charge in [0.25, 0.3) is 0 Å². The van der Waals surface area contributed by atoms with E-state index in [1.807, 2.05) is 0 Å². The summed E-state index contributed by atoms with van der Waals surface area (Å²) in [6.07, 6.45) is 1.29. The Bertz CT molecular complexity index is 580. The lowest BCUT2D eigenvalue weighted by atomic mass is 10.2. The van der Waals surface area contributed by atoms with Crippen LogP contribution in [0.2, 0.25) is 5.02 Å². The molecule has 1 aromatic carbocycles. The third-order valence-electron chi connectivity index (χ3n) is 2.46. The number of para-hydroxylation sites is 1. The molecule has 0 aliphatic heterocycles. The molecule has 0 bridgehead atoms. The number of aromatic carboxylic acids is 1. The van der Waals surface area contributed by atoms with Crippen LogP contribution in [0.15, 0.2) is 30.5 Å². The van der Waals surface area contributed by atoms with E-state index >= 15 is 0 Å². The van der Waals surface area contributed by atoms with Gasteiger partial charge in [-0.3, -0.25) is 0 Å². The number of ether oxygens (including phenoxy) is 1. The highest BCUT2D eigenvalue weighted by atomic mass is 35.5. The SMILES string of the molecule is COCc1c(C(=O)O)cnn1-c1ccccc1Cl. The maximum Gasteiger partial charge on any atom is 0.339 e. The molecule has 1 heterocycles. The van der Waals surface area contributed by atoms with Crippen molar-refractivity contribution in [1.82, 2.24) is 9.78 Å². The normalized spacial score (nSPS) is 10.6. The first kappa shape index (κ1) is 12.6. The molecule has 0 saturated heterocycles. The van der Waals surface area contributed by atoms with Crippen molar-refractivity contribution in [3.05, 3.63) is 46.7 Å². The van der Waals surface area contributed by atoms with Crippen LogP contribution < -0.4 is 0 Å². The van der Waals surface area contributed by atoms with E-state index in [0.29, 0.717) is 16.4 Å². The molecule has 0 aliphatic rings. The van der Waals surface area contributed by atoms with Crippen LogP contribution in [0, 0.1) is 0 Å². The van der Waals surface area contributed by atoms with E-state index in [1.54, 1.807) is 24.3 Å². The van der Waals surface area contributed by atoms with E-state index in [2.05, 4.69) is 5.10 Å². The monoisotopic (exact) mass is 266 g/mol. The lowest BCUT2D eigenvalue weighted by Crippen LogP contribution is -2.08. The highest BCUT2D eigenvalue weighted by Gasteiger charge is 2.18. The van der Waals surface area contributed by atoms with Gasteiger partial charge in [-0.25, -0.2) is 9.48 Å². The van der Waals surface area contributed by atoms with Gasteiger partial charge in [0.1, 0.15) is 5.56 Å². The van der Waals surface area contributed by atoms with Gasteiger partial charge in [-0.15, -0.1) is 0 Å². The third kappa shape index (κ3) is 2.23. The van der Waals surface area contributed by atoms with Gasteiger partial charge in [0, 0.05) is 7.11 Å². The van der Waals surface area contributed by atoms with E-state index in [9.17, 15) is 4.79 Å². The molecular formula is C12H11ClN2O3. The zero-order chi connectivity index (χ0) is 13.1. The third-order valence-corrected chi connectivity index (χ3v) is 2.78. The average Bonchev–Trinajstić information content (AvgIpc) is 2.74. The quantitative estimate of drug-likeness (QED) is 0.923. The lowest BCUT2D eigenvalue weighted by Gasteiger charge is -2.09. The molecule has 1 N–H and O–H groups in total. The Morgan fingerprint density at radius 2 is 2.22 bits per heavy atom. The Hall–Kier alpha value is -1.85. The average molecular weight is 267 g/mol. The van der Waals surface area contributed by atoms with E-state index in [1.165, 1.54) is 18.0 Å². The molecule has 0 spiro atoms. The number of rotatable bonds is 4. The molecule has 2 aromatic rings. The molecular weight excluding hydrogens is 256 g/mol. The highest BCUT2D eigenvalue weighted by molar-refractivity contribution is 6.32. The van der Waals surface area contributed by atoms with Gasteiger partial charge in [0.2, 0.25) is 0 Å². The molecule has 94 valence electrons. The number of aromatic nitrogens is 2. The van der Waals surface area contributed by atoms with Gasteiger partial charge < -0.3 is 9.84 Å². The maximum atomic E-state index is 11.1. The number of halogens is 1. The molecule has 2 rings (SSSR count). The van der Waals surface area contributed by atoms with Crippen molar-refractivity contribution in [2.45, 2.75) is 6.61 Å². The predicted octanol–water partition coefficient (Wildman–Crippen LogP) is 2.37. The Kier molecular flexibility index (Phi) is 3.64. The maximum absolute atomic E-state index is 11.1. The van der Waals surface area contributed by atoms with Crippen LogP contribution in [0.5, 0.6) is 0 Å². The molecule has 0 aliphatic carbocycles. The number of carboxylic acid groups (broad SMARTS) is 1. The number of methoxy groups -OCH3 is 1. The number of benzene rings is 1. The topological polar surface area (TPSA) is 64.3 Å². The molecule has 18 heavy (non-hydrogen) atoms. The van der Waals surface area contributed by atoms with Gasteiger partial charge >= 0.3 is 5.97 Å². The zero-order valence-electron chi connectivity index (χ0n) is 9.63. The Morgan fingerprint density at radius 3 is 2.83 bits per heavy atom. The van der Waals surface area contributed by atoms with Gasteiger partial charge in [-0.2, -0.15) is 5.10 Å². The van der Waals surface area contributed by atoms with Crippen LogP contribution in [0.25, 0.3) is 5.69 Å². The fraction of sp³-hybridized carbons (Fsp3) is 0.167. The van der Waals surface area contributed by atoms with E-state index in [-0.39, 0.29) is 12.2 Å². The molecule has 0 amide bonds. The highest BCUT2D eigenvalue weighted by Crippen LogP contribution is 2.22. The smallest absolute Gasteiger partial charge is 0.339 e. The van der Waals surface area contributed by atoms with Gasteiger partial charge in [0.05, 0.1) is 29.2 Å². The van der Waals surface area contributed by atoms with Crippen LogP contribution in [0.3, 0.4) is 0 Å². The van der Waals surface area contributed by atoms with Gasteiger partial charge in [-0.1, -0.05) is 23.7 Å². The minimum absolute atomic E-state index is 0.108. The summed E-state index contributed by atoms with van der Waals surface area (Å²) in [7, 11) is 1.50. The Labute approximate surface area is 109 Å². The number of hydrogen-bond acceptors (Lipinski definition) is 3. The van der Waals surface area contributed by atoms with E-state index in [4.69, 9.17) is 21.4 Å². The summed E-state index contributed by atoms with van der Waals surface area (Å²) in [4.78, 5) is 11.1. The molecule has 1 aromatic heterocycles. The second kappa shape index (κ2) is 5.20. The van der Waals surface area contributed by atoms with Crippen LogP contribution in [-0.2, 0) is 11.3 Å². The zero-order valence-corrected chi connectivity index (χ0v) is 10.4. The first-order valence-electron chi connectivity index (χ1n) is 5.19. The molecule has 0 fully saturated rings. The van der Waals surface area contributed by atoms with Gasteiger partial charge in [-0.05, 0) is 12.1 Å². The van der Waals surface area contributed by atoms with Crippen LogP contribution in [-0.4, -0.2) is 28.0 Å². The Balaban J connectivity index is 2.58. The first-order valence-corrected chi connectivity index (χ1v) is 5.57. The minimum Gasteiger partial charge on any atom is -0.478 e. The second-order valence-corrected chi connectivity index (χ2v) is 4.01. The first-order chi connectivity index (χ1) is 8.65. The number of nitrogens with zero attached hydrogens (tertiary/aromatic N) is 2. The van der Waals surface area contributed by atoms with Crippen LogP contribution in [0.4, 0.5) is 0 Å².